The number of carboxylic acids is 1. The fourth-order valence-electron chi connectivity index (χ4n) is 6.21. The summed E-state index contributed by atoms with van der Waals surface area (Å²) < 4.78 is 0. The maximum Gasteiger partial charge on any atom is 0.330 e. The molecular formula is C33H33N3O5. The molecule has 8 heteroatoms. The van der Waals surface area contributed by atoms with Crippen molar-refractivity contribution in [3.8, 4) is 11.1 Å². The van der Waals surface area contributed by atoms with Crippen LogP contribution in [0.2, 0.25) is 0 Å². The SMILES string of the molecule is C=CCN1CCCC/C=C\[C@H]2C[C@@]2(C(=O)O)NC(=O)[C@@H]2C[C@@H](ON=C3c4ccccc4-c4ccccc43)C=C2C1=O. The number of nitrogens with zero attached hydrogens (tertiary/aromatic N) is 2. The smallest absolute Gasteiger partial charge is 0.330 e. The number of hydrogen-bond acceptors (Lipinski definition) is 5. The quantitative estimate of drug-likeness (QED) is 0.360. The van der Waals surface area contributed by atoms with Crippen molar-refractivity contribution in [2.45, 2.75) is 43.7 Å². The van der Waals surface area contributed by atoms with Gasteiger partial charge in [-0.1, -0.05) is 71.9 Å². The zero-order valence-electron chi connectivity index (χ0n) is 22.8. The molecule has 3 aliphatic carbocycles. The number of carboxylic acid groups (broad SMARTS) is 1. The fourth-order valence-corrected chi connectivity index (χ4v) is 6.21. The van der Waals surface area contributed by atoms with Crippen LogP contribution in [-0.2, 0) is 19.2 Å². The first-order valence-electron chi connectivity index (χ1n) is 14.2. The molecule has 1 aliphatic heterocycles. The van der Waals surface area contributed by atoms with E-state index in [1.807, 2.05) is 60.7 Å². The second-order valence-electron chi connectivity index (χ2n) is 11.1. The monoisotopic (exact) mass is 551 g/mol. The Bertz CT molecular complexity index is 1460. The van der Waals surface area contributed by atoms with Crippen LogP contribution in [0.1, 0.15) is 43.2 Å². The van der Waals surface area contributed by atoms with Crippen molar-refractivity contribution in [1.82, 2.24) is 10.2 Å². The summed E-state index contributed by atoms with van der Waals surface area (Å²) in [6, 6.07) is 16.0. The number of benzene rings is 2. The third-order valence-electron chi connectivity index (χ3n) is 8.50. The van der Waals surface area contributed by atoms with E-state index in [2.05, 4.69) is 17.1 Å². The largest absolute Gasteiger partial charge is 0.479 e. The van der Waals surface area contributed by atoms with Crippen molar-refractivity contribution in [1.29, 1.82) is 0 Å². The number of carbonyl (C=O) groups is 3. The summed E-state index contributed by atoms with van der Waals surface area (Å²) in [5.41, 5.74) is 3.74. The highest BCUT2D eigenvalue weighted by Crippen LogP contribution is 2.46. The number of aliphatic carboxylic acids is 1. The van der Waals surface area contributed by atoms with E-state index in [-0.39, 0.29) is 18.2 Å². The zero-order valence-corrected chi connectivity index (χ0v) is 22.8. The number of nitrogens with one attached hydrogen (secondary N) is 1. The van der Waals surface area contributed by atoms with Crippen LogP contribution in [0.15, 0.2) is 90.1 Å². The van der Waals surface area contributed by atoms with Crippen LogP contribution in [-0.4, -0.2) is 58.2 Å². The van der Waals surface area contributed by atoms with Gasteiger partial charge in [-0.2, -0.15) is 0 Å². The Morgan fingerprint density at radius 2 is 1.78 bits per heavy atom. The number of amides is 2. The average molecular weight is 552 g/mol. The minimum Gasteiger partial charge on any atom is -0.479 e. The Kier molecular flexibility index (Phi) is 7.07. The molecule has 1 heterocycles. The molecule has 4 atom stereocenters. The molecule has 1 fully saturated rings. The van der Waals surface area contributed by atoms with Gasteiger partial charge in [-0.25, -0.2) is 4.79 Å². The molecule has 4 aliphatic rings. The van der Waals surface area contributed by atoms with Crippen molar-refractivity contribution < 1.29 is 24.3 Å². The normalized spacial score (nSPS) is 27.7. The molecule has 0 radical (unpaired) electrons. The van der Waals surface area contributed by atoms with E-state index < -0.39 is 29.4 Å². The number of allylic oxidation sites excluding steroid dienone is 1. The Hall–Kier alpha value is -4.46. The van der Waals surface area contributed by atoms with Crippen LogP contribution < -0.4 is 5.32 Å². The van der Waals surface area contributed by atoms with Gasteiger partial charge in [0.15, 0.2) is 0 Å². The Labute approximate surface area is 239 Å². The van der Waals surface area contributed by atoms with Crippen molar-refractivity contribution in [2.75, 3.05) is 13.1 Å². The molecule has 0 aromatic heterocycles. The summed E-state index contributed by atoms with van der Waals surface area (Å²) in [5, 5.41) is 17.3. The maximum atomic E-state index is 13.8. The molecule has 8 nitrogen and oxygen atoms in total. The van der Waals surface area contributed by atoms with Crippen molar-refractivity contribution >= 4 is 23.5 Å². The van der Waals surface area contributed by atoms with Gasteiger partial charge in [0, 0.05) is 42.1 Å². The molecule has 41 heavy (non-hydrogen) atoms. The molecule has 0 spiro atoms. The Morgan fingerprint density at radius 3 is 2.44 bits per heavy atom. The first-order chi connectivity index (χ1) is 19.9. The highest BCUT2D eigenvalue weighted by Gasteiger charge is 2.61. The lowest BCUT2D eigenvalue weighted by atomic mass is 9.97. The molecule has 0 unspecified atom stereocenters. The first kappa shape index (κ1) is 26.7. The number of oxime groups is 1. The Morgan fingerprint density at radius 1 is 1.10 bits per heavy atom. The predicted octanol–water partition coefficient (Wildman–Crippen LogP) is 4.47. The van der Waals surface area contributed by atoms with Crippen LogP contribution in [0.4, 0.5) is 0 Å². The lowest BCUT2D eigenvalue weighted by molar-refractivity contribution is -0.144. The van der Waals surface area contributed by atoms with E-state index in [4.69, 9.17) is 4.84 Å². The molecule has 2 amide bonds. The highest BCUT2D eigenvalue weighted by molar-refractivity contribution is 6.24. The van der Waals surface area contributed by atoms with Crippen LogP contribution >= 0.6 is 0 Å². The first-order valence-corrected chi connectivity index (χ1v) is 14.2. The summed E-state index contributed by atoms with van der Waals surface area (Å²) in [6.07, 6.45) is 9.56. The minimum absolute atomic E-state index is 0.186. The van der Waals surface area contributed by atoms with Gasteiger partial charge in [0.2, 0.25) is 5.91 Å². The lowest BCUT2D eigenvalue weighted by Crippen LogP contribution is -2.48. The van der Waals surface area contributed by atoms with E-state index >= 15 is 0 Å². The summed E-state index contributed by atoms with van der Waals surface area (Å²) in [5.74, 6) is -2.92. The number of fused-ring (bicyclic) bond motifs is 5. The highest BCUT2D eigenvalue weighted by atomic mass is 16.6. The van der Waals surface area contributed by atoms with Crippen molar-refractivity contribution in [2.24, 2.45) is 17.0 Å². The third kappa shape index (κ3) is 4.88. The molecule has 6 rings (SSSR count). The van der Waals surface area contributed by atoms with Crippen molar-refractivity contribution in [3.05, 3.63) is 96.1 Å². The molecule has 210 valence electrons. The maximum absolute atomic E-state index is 13.8. The van der Waals surface area contributed by atoms with E-state index in [9.17, 15) is 19.5 Å². The number of rotatable bonds is 5. The van der Waals surface area contributed by atoms with E-state index in [1.54, 1.807) is 17.1 Å². The third-order valence-corrected chi connectivity index (χ3v) is 8.50. The summed E-state index contributed by atoms with van der Waals surface area (Å²) in [6.45, 7) is 4.69. The molecule has 0 saturated heterocycles. The van der Waals surface area contributed by atoms with Gasteiger partial charge in [0.05, 0.1) is 5.92 Å². The Balaban J connectivity index is 1.31. The van der Waals surface area contributed by atoms with E-state index in [0.717, 1.165) is 41.5 Å². The summed E-state index contributed by atoms with van der Waals surface area (Å²) >= 11 is 0. The standard InChI is InChI=1S/C33H33N3O5/c1-2-16-36-17-10-4-3-5-11-21-20-33(21,32(39)40)34-30(37)27-18-22(19-28(27)31(36)38)41-35-29-25-14-8-6-12-23(25)24-13-7-9-15-26(24)29/h2,5-9,11-15,19,21-22,27H,1,3-4,10,16-18,20H2,(H,34,37)(H,39,40)/b11-5-/t21-,22+,27+,33+/m0/s1. The van der Waals surface area contributed by atoms with E-state index in [0.29, 0.717) is 30.8 Å². The van der Waals surface area contributed by atoms with Gasteiger partial charge >= 0.3 is 5.97 Å². The second kappa shape index (κ2) is 10.8. The van der Waals surface area contributed by atoms with Gasteiger partial charge in [-0.05, 0) is 42.9 Å². The number of hydrogen-bond donors (Lipinski definition) is 2. The topological polar surface area (TPSA) is 108 Å². The molecule has 1 saturated carbocycles. The van der Waals surface area contributed by atoms with Crippen LogP contribution in [0.5, 0.6) is 0 Å². The van der Waals surface area contributed by atoms with Crippen molar-refractivity contribution in [3.63, 3.8) is 0 Å². The zero-order chi connectivity index (χ0) is 28.6. The number of carbonyl (C=O) groups excluding carboxylic acids is 2. The predicted molar refractivity (Wildman–Crippen MR) is 155 cm³/mol. The molecule has 0 bridgehead atoms. The minimum atomic E-state index is -1.34. The van der Waals surface area contributed by atoms with Gasteiger partial charge in [-0.15, -0.1) is 6.58 Å². The van der Waals surface area contributed by atoms with Crippen LogP contribution in [0.3, 0.4) is 0 Å². The molecular weight excluding hydrogens is 518 g/mol. The van der Waals surface area contributed by atoms with E-state index in [1.165, 1.54) is 0 Å². The van der Waals surface area contributed by atoms with Gasteiger partial charge < -0.3 is 20.2 Å². The van der Waals surface area contributed by atoms with Crippen LogP contribution in [0, 0.1) is 11.8 Å². The lowest BCUT2D eigenvalue weighted by Gasteiger charge is -2.25. The van der Waals surface area contributed by atoms with Gasteiger partial charge in [0.25, 0.3) is 5.91 Å². The summed E-state index contributed by atoms with van der Waals surface area (Å²) in [4.78, 5) is 47.4. The summed E-state index contributed by atoms with van der Waals surface area (Å²) in [7, 11) is 0. The molecule has 2 aromatic carbocycles. The van der Waals surface area contributed by atoms with Gasteiger partial charge in [0.1, 0.15) is 17.4 Å². The van der Waals surface area contributed by atoms with Gasteiger partial charge in [-0.3, -0.25) is 9.59 Å². The fraction of sp³-hybridized carbons (Fsp3) is 0.333. The molecule has 2 N–H and O–H groups in total. The molecule has 2 aromatic rings. The second-order valence-corrected chi connectivity index (χ2v) is 11.1. The average Bonchev–Trinajstić information content (AvgIpc) is 3.35. The van der Waals surface area contributed by atoms with Crippen LogP contribution in [0.25, 0.3) is 11.1 Å².